The number of hydrogen-bond donors (Lipinski definition) is 1. The summed E-state index contributed by atoms with van der Waals surface area (Å²) in [5.41, 5.74) is 4.88. The van der Waals surface area contributed by atoms with Gasteiger partial charge in [-0.05, 0) is 27.2 Å². The molecule has 0 atom stereocenters. The summed E-state index contributed by atoms with van der Waals surface area (Å²) in [6, 6.07) is -0.286. The highest BCUT2D eigenvalue weighted by atomic mass is 28.4. The van der Waals surface area contributed by atoms with Crippen LogP contribution in [0.5, 0.6) is 0 Å². The first-order chi connectivity index (χ1) is 8.49. The normalized spacial score (nSPS) is 14.6. The van der Waals surface area contributed by atoms with Gasteiger partial charge in [0.15, 0.2) is 0 Å². The van der Waals surface area contributed by atoms with Crippen molar-refractivity contribution in [1.82, 2.24) is 4.90 Å². The highest BCUT2D eigenvalue weighted by Gasteiger charge is 2.32. The Morgan fingerprint density at radius 3 is 1.61 bits per heavy atom. The lowest BCUT2D eigenvalue weighted by Gasteiger charge is -2.28. The third kappa shape index (κ3) is 6.95. The van der Waals surface area contributed by atoms with Crippen LogP contribution in [-0.2, 0) is 13.3 Å². The largest absolute Gasteiger partial charge is 0.497 e. The first-order valence-corrected chi connectivity index (χ1v) is 8.67. The van der Waals surface area contributed by atoms with Crippen LogP contribution < -0.4 is 5.73 Å². The Hall–Kier alpha value is -0.633. The van der Waals surface area contributed by atoms with Gasteiger partial charge in [-0.3, -0.25) is 0 Å². The average Bonchev–Trinajstić information content (AvgIpc) is 2.15. The summed E-state index contributed by atoms with van der Waals surface area (Å²) in [6.07, 6.45) is 1.11. The fourth-order valence-corrected chi connectivity index (χ4v) is 3.27. The van der Waals surface area contributed by atoms with E-state index in [-0.39, 0.29) is 6.03 Å². The van der Waals surface area contributed by atoms with E-state index >= 15 is 0 Å². The van der Waals surface area contributed by atoms with E-state index in [9.17, 15) is 4.79 Å². The minimum absolute atomic E-state index is 0.286. The van der Waals surface area contributed by atoms with E-state index in [0.29, 0.717) is 19.8 Å². The van der Waals surface area contributed by atoms with Crippen molar-refractivity contribution in [2.45, 2.75) is 33.7 Å². The van der Waals surface area contributed by atoms with Crippen LogP contribution in [-0.4, -0.2) is 52.6 Å². The van der Waals surface area contributed by atoms with Gasteiger partial charge in [0.25, 0.3) is 0 Å². The summed E-state index contributed by atoms with van der Waals surface area (Å²) in [5.74, 6) is 0. The standard InChI is InChI=1S/C7H18O3Si.C4H8N2O/c1-5-8-11(4,9-6-2)10-7-3;5-4(7)6-2-1-3-6/h5-7H2,1-4H3;1-3H2,(H2,5,7). The molecule has 0 bridgehead atoms. The molecule has 0 aromatic rings. The molecule has 0 aromatic carbocycles. The molecular weight excluding hydrogens is 252 g/mol. The molecule has 0 spiro atoms. The van der Waals surface area contributed by atoms with Crippen molar-refractivity contribution >= 4 is 14.8 Å². The number of likely N-dealkylation sites (tertiary alicyclic amines) is 1. The minimum atomic E-state index is -2.25. The number of nitrogens with zero attached hydrogens (tertiary/aromatic N) is 1. The monoisotopic (exact) mass is 278 g/mol. The van der Waals surface area contributed by atoms with Crippen LogP contribution in [0.15, 0.2) is 0 Å². The lowest BCUT2D eigenvalue weighted by Crippen LogP contribution is -2.45. The Morgan fingerprint density at radius 1 is 1.11 bits per heavy atom. The predicted molar refractivity (Wildman–Crippen MR) is 72.3 cm³/mol. The highest BCUT2D eigenvalue weighted by molar-refractivity contribution is 6.59. The van der Waals surface area contributed by atoms with Crippen molar-refractivity contribution in [2.24, 2.45) is 5.73 Å². The molecule has 6 nitrogen and oxygen atoms in total. The molecule has 2 N–H and O–H groups in total. The number of nitrogens with two attached hydrogens (primary N) is 1. The Bertz CT molecular complexity index is 220. The van der Waals surface area contributed by atoms with E-state index < -0.39 is 8.80 Å². The van der Waals surface area contributed by atoms with Crippen molar-refractivity contribution in [3.8, 4) is 0 Å². The molecule has 0 saturated carbocycles. The molecule has 18 heavy (non-hydrogen) atoms. The third-order valence-corrected chi connectivity index (χ3v) is 4.83. The van der Waals surface area contributed by atoms with Crippen LogP contribution in [0, 0.1) is 0 Å². The second kappa shape index (κ2) is 9.32. The minimum Gasteiger partial charge on any atom is -0.374 e. The summed E-state index contributed by atoms with van der Waals surface area (Å²) in [4.78, 5) is 11.7. The zero-order valence-electron chi connectivity index (χ0n) is 11.9. The van der Waals surface area contributed by atoms with Crippen molar-refractivity contribution in [3.63, 3.8) is 0 Å². The quantitative estimate of drug-likeness (QED) is 0.746. The van der Waals surface area contributed by atoms with Gasteiger partial charge in [-0.1, -0.05) is 0 Å². The molecule has 1 aliphatic heterocycles. The topological polar surface area (TPSA) is 74.0 Å². The van der Waals surface area contributed by atoms with Gasteiger partial charge in [-0.2, -0.15) is 0 Å². The Morgan fingerprint density at radius 2 is 1.50 bits per heavy atom. The van der Waals surface area contributed by atoms with Crippen LogP contribution >= 0.6 is 0 Å². The molecule has 0 radical (unpaired) electrons. The molecule has 0 unspecified atom stereocenters. The summed E-state index contributed by atoms with van der Waals surface area (Å²) in [7, 11) is -2.25. The number of carbonyl (C=O) groups excluding carboxylic acids is 1. The lowest BCUT2D eigenvalue weighted by molar-refractivity contribution is 0.0783. The Kier molecular flexibility index (Phi) is 8.99. The van der Waals surface area contributed by atoms with Gasteiger partial charge in [0.2, 0.25) is 0 Å². The fraction of sp³-hybridized carbons (Fsp3) is 0.909. The van der Waals surface area contributed by atoms with Crippen LogP contribution in [0.25, 0.3) is 0 Å². The molecule has 108 valence electrons. The van der Waals surface area contributed by atoms with Gasteiger partial charge in [0.1, 0.15) is 0 Å². The van der Waals surface area contributed by atoms with Crippen molar-refractivity contribution in [1.29, 1.82) is 0 Å². The molecule has 1 saturated heterocycles. The number of amides is 2. The molecule has 1 aliphatic rings. The van der Waals surface area contributed by atoms with Crippen molar-refractivity contribution < 1.29 is 18.1 Å². The van der Waals surface area contributed by atoms with Gasteiger partial charge in [-0.15, -0.1) is 0 Å². The summed E-state index contributed by atoms with van der Waals surface area (Å²) in [6.45, 7) is 11.4. The van der Waals surface area contributed by atoms with Gasteiger partial charge >= 0.3 is 14.8 Å². The van der Waals surface area contributed by atoms with Gasteiger partial charge < -0.3 is 23.9 Å². The first-order valence-electron chi connectivity index (χ1n) is 6.45. The fourth-order valence-electron chi connectivity index (χ4n) is 1.45. The van der Waals surface area contributed by atoms with Crippen molar-refractivity contribution in [3.05, 3.63) is 0 Å². The molecule has 2 amide bonds. The molecule has 7 heteroatoms. The van der Waals surface area contributed by atoms with E-state index in [2.05, 4.69) is 0 Å². The zero-order chi connectivity index (χ0) is 14.0. The van der Waals surface area contributed by atoms with Crippen LogP contribution in [0.2, 0.25) is 6.55 Å². The van der Waals surface area contributed by atoms with E-state index in [0.717, 1.165) is 19.5 Å². The van der Waals surface area contributed by atoms with Crippen LogP contribution in [0.4, 0.5) is 4.79 Å². The second-order valence-electron chi connectivity index (χ2n) is 3.84. The summed E-state index contributed by atoms with van der Waals surface area (Å²) >= 11 is 0. The highest BCUT2D eigenvalue weighted by Crippen LogP contribution is 2.08. The van der Waals surface area contributed by atoms with E-state index in [4.69, 9.17) is 19.0 Å². The third-order valence-electron chi connectivity index (χ3n) is 2.39. The smallest absolute Gasteiger partial charge is 0.374 e. The number of urea groups is 1. The SMILES string of the molecule is CCO[Si](C)(OCC)OCC.NC(=O)N1CCC1. The molecule has 0 aliphatic carbocycles. The molecular formula is C11H26N2O4Si. The predicted octanol–water partition coefficient (Wildman–Crippen LogP) is 1.44. The maximum absolute atomic E-state index is 10.1. The average molecular weight is 278 g/mol. The van der Waals surface area contributed by atoms with Gasteiger partial charge in [0, 0.05) is 39.5 Å². The van der Waals surface area contributed by atoms with Gasteiger partial charge in [-0.25, -0.2) is 4.79 Å². The zero-order valence-corrected chi connectivity index (χ0v) is 12.9. The maximum atomic E-state index is 10.1. The lowest BCUT2D eigenvalue weighted by atomic mass is 10.2. The van der Waals surface area contributed by atoms with Crippen LogP contribution in [0.3, 0.4) is 0 Å². The summed E-state index contributed by atoms with van der Waals surface area (Å²) < 4.78 is 16.2. The van der Waals surface area contributed by atoms with Crippen LogP contribution in [0.1, 0.15) is 27.2 Å². The number of hydrogen-bond acceptors (Lipinski definition) is 4. The van der Waals surface area contributed by atoms with E-state index in [1.807, 2.05) is 27.3 Å². The second-order valence-corrected chi connectivity index (χ2v) is 6.43. The van der Waals surface area contributed by atoms with E-state index in [1.165, 1.54) is 0 Å². The Labute approximate surface area is 111 Å². The van der Waals surface area contributed by atoms with E-state index in [1.54, 1.807) is 4.90 Å². The number of primary amides is 1. The molecule has 1 fully saturated rings. The number of rotatable bonds is 6. The number of carbonyl (C=O) groups is 1. The Balaban J connectivity index is 0.000000351. The van der Waals surface area contributed by atoms with Crippen molar-refractivity contribution in [2.75, 3.05) is 32.9 Å². The molecule has 1 heterocycles. The summed E-state index contributed by atoms with van der Waals surface area (Å²) in [5, 5.41) is 0. The molecule has 0 aromatic heterocycles. The maximum Gasteiger partial charge on any atom is 0.497 e. The van der Waals surface area contributed by atoms with Gasteiger partial charge in [0.05, 0.1) is 0 Å². The first kappa shape index (κ1) is 17.4. The molecule has 1 rings (SSSR count).